The predicted molar refractivity (Wildman–Crippen MR) is 73.3 cm³/mol. The molecule has 5 heteroatoms. The molecule has 1 aromatic heterocycles. The third-order valence-electron chi connectivity index (χ3n) is 2.58. The number of pyridine rings is 1. The molecule has 1 atom stereocenters. The molecule has 0 radical (unpaired) electrons. The number of nitrogens with zero attached hydrogens (tertiary/aromatic N) is 1. The molecule has 0 spiro atoms. The zero-order valence-electron chi connectivity index (χ0n) is 10.3. The lowest BCUT2D eigenvalue weighted by molar-refractivity contribution is 0.190. The lowest BCUT2D eigenvalue weighted by atomic mass is 10.1. The second kappa shape index (κ2) is 6.12. The number of aliphatic hydroxyl groups is 1. The van der Waals surface area contributed by atoms with Crippen molar-refractivity contribution < 1.29 is 14.2 Å². The van der Waals surface area contributed by atoms with Gasteiger partial charge in [-0.3, -0.25) is 4.98 Å². The van der Waals surface area contributed by atoms with Crippen LogP contribution in [0.4, 0.5) is 4.39 Å². The maximum Gasteiger partial charge on any atom is 0.141 e. The number of hydrogen-bond acceptors (Lipinski definition) is 3. The summed E-state index contributed by atoms with van der Waals surface area (Å²) in [5.74, 6) is 0.176. The van der Waals surface area contributed by atoms with Crippen LogP contribution in [0, 0.1) is 5.82 Å². The van der Waals surface area contributed by atoms with Crippen LogP contribution in [0.5, 0.6) is 5.75 Å². The normalized spacial score (nSPS) is 12.2. The largest absolute Gasteiger partial charge is 0.488 e. The molecule has 100 valence electrons. The van der Waals surface area contributed by atoms with Gasteiger partial charge >= 0.3 is 0 Å². The highest BCUT2D eigenvalue weighted by atomic mass is 79.9. The standard InChI is InChI=1S/C14H13BrFNO2/c1-9(18)13-5-11(15)2-3-14(13)19-8-10-4-12(16)7-17-6-10/h2-7,9,18H,8H2,1H3/t9-/m0/s1. The molecule has 19 heavy (non-hydrogen) atoms. The van der Waals surface area contributed by atoms with Crippen LogP contribution < -0.4 is 4.74 Å². The minimum atomic E-state index is -0.641. The molecule has 0 aliphatic carbocycles. The summed E-state index contributed by atoms with van der Waals surface area (Å²) in [6, 6.07) is 6.75. The molecule has 0 saturated carbocycles. The second-order valence-electron chi connectivity index (χ2n) is 4.16. The summed E-state index contributed by atoms with van der Waals surface area (Å²) < 4.78 is 19.5. The monoisotopic (exact) mass is 325 g/mol. The number of hydrogen-bond donors (Lipinski definition) is 1. The van der Waals surface area contributed by atoms with E-state index in [9.17, 15) is 9.50 Å². The van der Waals surface area contributed by atoms with E-state index >= 15 is 0 Å². The summed E-state index contributed by atoms with van der Waals surface area (Å²) in [5, 5.41) is 9.70. The Kier molecular flexibility index (Phi) is 4.50. The quantitative estimate of drug-likeness (QED) is 0.933. The van der Waals surface area contributed by atoms with E-state index in [2.05, 4.69) is 20.9 Å². The Balaban J connectivity index is 2.15. The van der Waals surface area contributed by atoms with E-state index in [4.69, 9.17) is 4.74 Å². The van der Waals surface area contributed by atoms with Crippen molar-refractivity contribution in [3.05, 3.63) is 58.1 Å². The van der Waals surface area contributed by atoms with Gasteiger partial charge in [0.25, 0.3) is 0 Å². The van der Waals surface area contributed by atoms with E-state index < -0.39 is 11.9 Å². The van der Waals surface area contributed by atoms with Gasteiger partial charge in [0.15, 0.2) is 0 Å². The summed E-state index contributed by atoms with van der Waals surface area (Å²) in [6.45, 7) is 1.87. The van der Waals surface area contributed by atoms with E-state index in [0.29, 0.717) is 16.9 Å². The molecule has 1 N–H and O–H groups in total. The number of aliphatic hydroxyl groups excluding tert-OH is 1. The predicted octanol–water partition coefficient (Wildman–Crippen LogP) is 3.62. The van der Waals surface area contributed by atoms with E-state index in [1.165, 1.54) is 6.07 Å². The van der Waals surface area contributed by atoms with Gasteiger partial charge in [0.1, 0.15) is 18.2 Å². The van der Waals surface area contributed by atoms with Crippen molar-refractivity contribution in [2.75, 3.05) is 0 Å². The number of rotatable bonds is 4. The zero-order valence-corrected chi connectivity index (χ0v) is 11.9. The molecule has 2 rings (SSSR count). The summed E-state index contributed by atoms with van der Waals surface area (Å²) in [4.78, 5) is 3.76. The summed E-state index contributed by atoms with van der Waals surface area (Å²) in [6.07, 6.45) is 2.05. The van der Waals surface area contributed by atoms with Crippen LogP contribution in [0.15, 0.2) is 41.1 Å². The fourth-order valence-corrected chi connectivity index (χ4v) is 2.05. The average molecular weight is 326 g/mol. The third-order valence-corrected chi connectivity index (χ3v) is 3.07. The Morgan fingerprint density at radius 2 is 2.16 bits per heavy atom. The van der Waals surface area contributed by atoms with Crippen LogP contribution in [0.1, 0.15) is 24.2 Å². The van der Waals surface area contributed by atoms with Crippen molar-refractivity contribution >= 4 is 15.9 Å². The molecule has 0 aliphatic rings. The first-order valence-electron chi connectivity index (χ1n) is 5.76. The molecule has 0 unspecified atom stereocenters. The molecule has 3 nitrogen and oxygen atoms in total. The van der Waals surface area contributed by atoms with Crippen molar-refractivity contribution in [1.82, 2.24) is 4.98 Å². The SMILES string of the molecule is C[C@H](O)c1cc(Br)ccc1OCc1cncc(F)c1. The molecular formula is C14H13BrFNO2. The van der Waals surface area contributed by atoms with E-state index in [-0.39, 0.29) is 6.61 Å². The average Bonchev–Trinajstić information content (AvgIpc) is 2.37. The van der Waals surface area contributed by atoms with Gasteiger partial charge in [0.05, 0.1) is 12.3 Å². The number of halogens is 2. The molecular weight excluding hydrogens is 313 g/mol. The molecule has 2 aromatic rings. The highest BCUT2D eigenvalue weighted by Crippen LogP contribution is 2.29. The van der Waals surface area contributed by atoms with Gasteiger partial charge in [-0.15, -0.1) is 0 Å². The molecule has 0 amide bonds. The van der Waals surface area contributed by atoms with Gasteiger partial charge < -0.3 is 9.84 Å². The van der Waals surface area contributed by atoms with Gasteiger partial charge in [0.2, 0.25) is 0 Å². The van der Waals surface area contributed by atoms with Gasteiger partial charge in [0, 0.05) is 21.8 Å². The summed E-state index contributed by atoms with van der Waals surface area (Å²) in [5.41, 5.74) is 1.32. The minimum absolute atomic E-state index is 0.201. The molecule has 0 aliphatic heterocycles. The number of aromatic nitrogens is 1. The molecule has 1 heterocycles. The van der Waals surface area contributed by atoms with E-state index in [1.54, 1.807) is 25.3 Å². The highest BCUT2D eigenvalue weighted by Gasteiger charge is 2.10. The van der Waals surface area contributed by atoms with Crippen LogP contribution >= 0.6 is 15.9 Å². The maximum atomic E-state index is 13.0. The Morgan fingerprint density at radius 3 is 2.84 bits per heavy atom. The van der Waals surface area contributed by atoms with Crippen LogP contribution in [0.25, 0.3) is 0 Å². The Bertz CT molecular complexity index is 575. The third kappa shape index (κ3) is 3.75. The zero-order chi connectivity index (χ0) is 13.8. The van der Waals surface area contributed by atoms with Crippen LogP contribution in [0.2, 0.25) is 0 Å². The lowest BCUT2D eigenvalue weighted by Gasteiger charge is -2.13. The van der Waals surface area contributed by atoms with Gasteiger partial charge in [-0.1, -0.05) is 15.9 Å². The second-order valence-corrected chi connectivity index (χ2v) is 5.07. The van der Waals surface area contributed by atoms with Crippen LogP contribution in [0.3, 0.4) is 0 Å². The molecule has 0 fully saturated rings. The fourth-order valence-electron chi connectivity index (χ4n) is 1.67. The van der Waals surface area contributed by atoms with Crippen LogP contribution in [-0.4, -0.2) is 10.1 Å². The number of ether oxygens (including phenoxy) is 1. The van der Waals surface area contributed by atoms with Crippen molar-refractivity contribution in [2.24, 2.45) is 0 Å². The van der Waals surface area contributed by atoms with Crippen molar-refractivity contribution in [2.45, 2.75) is 19.6 Å². The molecule has 0 bridgehead atoms. The van der Waals surface area contributed by atoms with Gasteiger partial charge in [-0.25, -0.2) is 4.39 Å². The Hall–Kier alpha value is -1.46. The van der Waals surface area contributed by atoms with Crippen molar-refractivity contribution in [1.29, 1.82) is 0 Å². The summed E-state index contributed by atoms with van der Waals surface area (Å²) in [7, 11) is 0. The topological polar surface area (TPSA) is 42.4 Å². The minimum Gasteiger partial charge on any atom is -0.488 e. The Morgan fingerprint density at radius 1 is 1.37 bits per heavy atom. The first-order valence-corrected chi connectivity index (χ1v) is 6.55. The van der Waals surface area contributed by atoms with Gasteiger partial charge in [-0.05, 0) is 31.2 Å². The molecule has 1 aromatic carbocycles. The van der Waals surface area contributed by atoms with E-state index in [1.807, 2.05) is 6.07 Å². The van der Waals surface area contributed by atoms with Gasteiger partial charge in [-0.2, -0.15) is 0 Å². The fraction of sp³-hybridized carbons (Fsp3) is 0.214. The van der Waals surface area contributed by atoms with Crippen molar-refractivity contribution in [3.8, 4) is 5.75 Å². The van der Waals surface area contributed by atoms with Crippen molar-refractivity contribution in [3.63, 3.8) is 0 Å². The number of benzene rings is 1. The first kappa shape index (κ1) is 14.0. The highest BCUT2D eigenvalue weighted by molar-refractivity contribution is 9.10. The first-order chi connectivity index (χ1) is 9.06. The van der Waals surface area contributed by atoms with Crippen LogP contribution in [-0.2, 0) is 6.61 Å². The smallest absolute Gasteiger partial charge is 0.141 e. The maximum absolute atomic E-state index is 13.0. The summed E-state index contributed by atoms with van der Waals surface area (Å²) >= 11 is 3.34. The Labute approximate surface area is 119 Å². The van der Waals surface area contributed by atoms with E-state index in [0.717, 1.165) is 10.7 Å². The molecule has 0 saturated heterocycles. The lowest BCUT2D eigenvalue weighted by Crippen LogP contribution is -2.01.